The van der Waals surface area contributed by atoms with Crippen molar-refractivity contribution in [3.05, 3.63) is 65.2 Å². The van der Waals surface area contributed by atoms with Crippen molar-refractivity contribution in [2.45, 2.75) is 31.7 Å². The number of imide groups is 1. The number of carbonyl (C=O) groups is 3. The van der Waals surface area contributed by atoms with E-state index in [2.05, 4.69) is 10.6 Å². The van der Waals surface area contributed by atoms with Crippen LogP contribution in [0, 0.1) is 0 Å². The molecule has 4 amide bonds. The van der Waals surface area contributed by atoms with E-state index in [1.807, 2.05) is 49.4 Å². The molecule has 2 aliphatic rings. The fraction of sp³-hybridized carbons (Fsp3) is 0.286. The molecule has 0 unspecified atom stereocenters. The molecule has 27 heavy (non-hydrogen) atoms. The molecule has 1 aliphatic heterocycles. The van der Waals surface area contributed by atoms with Crippen LogP contribution < -0.4 is 10.6 Å². The molecule has 138 valence electrons. The van der Waals surface area contributed by atoms with Crippen molar-refractivity contribution in [2.75, 3.05) is 11.9 Å². The van der Waals surface area contributed by atoms with Gasteiger partial charge in [-0.1, -0.05) is 43.3 Å². The van der Waals surface area contributed by atoms with Crippen LogP contribution in [0.1, 0.15) is 30.0 Å². The van der Waals surface area contributed by atoms with Gasteiger partial charge in [0.1, 0.15) is 12.1 Å². The number of rotatable bonds is 4. The third-order valence-electron chi connectivity index (χ3n) is 5.34. The number of benzene rings is 2. The third kappa shape index (κ3) is 2.87. The Kier molecular flexibility index (Phi) is 4.18. The fourth-order valence-corrected chi connectivity index (χ4v) is 3.95. The third-order valence-corrected chi connectivity index (χ3v) is 5.34. The number of urea groups is 1. The molecule has 0 saturated carbocycles. The Hall–Kier alpha value is -3.15. The minimum absolute atomic E-state index is 0.301. The van der Waals surface area contributed by atoms with Crippen LogP contribution in [-0.2, 0) is 28.0 Å². The maximum atomic E-state index is 13.1. The van der Waals surface area contributed by atoms with Crippen molar-refractivity contribution >= 4 is 23.5 Å². The maximum absolute atomic E-state index is 13.1. The van der Waals surface area contributed by atoms with Crippen LogP contribution in [0.25, 0.3) is 0 Å². The Morgan fingerprint density at radius 1 is 1.19 bits per heavy atom. The average molecular weight is 363 g/mol. The Bertz CT molecular complexity index is 940. The van der Waals surface area contributed by atoms with Crippen LogP contribution >= 0.6 is 0 Å². The molecule has 1 spiro atoms. The lowest BCUT2D eigenvalue weighted by molar-refractivity contribution is -0.134. The number of nitrogens with zero attached hydrogens (tertiary/aromatic N) is 1. The molecule has 4 rings (SSSR count). The topological polar surface area (TPSA) is 78.5 Å². The first-order valence-corrected chi connectivity index (χ1v) is 9.15. The summed E-state index contributed by atoms with van der Waals surface area (Å²) in [6, 6.07) is 14.6. The van der Waals surface area contributed by atoms with Gasteiger partial charge in [-0.15, -0.1) is 0 Å². The molecule has 6 heteroatoms. The van der Waals surface area contributed by atoms with Crippen LogP contribution in [0.2, 0.25) is 0 Å². The van der Waals surface area contributed by atoms with E-state index in [1.165, 1.54) is 0 Å². The summed E-state index contributed by atoms with van der Waals surface area (Å²) in [5.74, 6) is -0.745. The zero-order chi connectivity index (χ0) is 19.0. The number of anilines is 1. The number of carbonyl (C=O) groups excluding carboxylic acids is 3. The molecule has 1 aliphatic carbocycles. The smallest absolute Gasteiger partial charge is 0.325 e. The van der Waals surface area contributed by atoms with Gasteiger partial charge in [-0.2, -0.15) is 0 Å². The van der Waals surface area contributed by atoms with E-state index in [4.69, 9.17) is 0 Å². The maximum Gasteiger partial charge on any atom is 0.325 e. The number of hydrogen-bond acceptors (Lipinski definition) is 3. The summed E-state index contributed by atoms with van der Waals surface area (Å²) in [4.78, 5) is 38.9. The van der Waals surface area contributed by atoms with E-state index in [0.29, 0.717) is 12.1 Å². The SMILES string of the molecule is CCc1cccc(NC(=O)CN2C(=O)N[C@]3(CCc4ccccc43)C2=O)c1. The molecule has 1 heterocycles. The summed E-state index contributed by atoms with van der Waals surface area (Å²) >= 11 is 0. The molecule has 1 atom stereocenters. The molecule has 2 aromatic rings. The second-order valence-corrected chi connectivity index (χ2v) is 6.99. The first-order chi connectivity index (χ1) is 13.0. The van der Waals surface area contributed by atoms with Gasteiger partial charge in [0.2, 0.25) is 5.91 Å². The first kappa shape index (κ1) is 17.3. The lowest BCUT2D eigenvalue weighted by Gasteiger charge is -2.22. The zero-order valence-corrected chi connectivity index (χ0v) is 15.1. The summed E-state index contributed by atoms with van der Waals surface area (Å²) in [5, 5.41) is 5.60. The molecule has 0 aromatic heterocycles. The molecule has 2 N–H and O–H groups in total. The Morgan fingerprint density at radius 2 is 2.00 bits per heavy atom. The molecule has 0 radical (unpaired) electrons. The van der Waals surface area contributed by atoms with Crippen molar-refractivity contribution in [3.8, 4) is 0 Å². The molecule has 1 fully saturated rings. The van der Waals surface area contributed by atoms with Crippen LogP contribution in [0.4, 0.5) is 10.5 Å². The predicted octanol–water partition coefficient (Wildman–Crippen LogP) is 2.58. The van der Waals surface area contributed by atoms with Crippen molar-refractivity contribution in [3.63, 3.8) is 0 Å². The minimum Gasteiger partial charge on any atom is -0.325 e. The van der Waals surface area contributed by atoms with Gasteiger partial charge >= 0.3 is 6.03 Å². The number of amides is 4. The van der Waals surface area contributed by atoms with Crippen molar-refractivity contribution in [1.29, 1.82) is 0 Å². The zero-order valence-electron chi connectivity index (χ0n) is 15.1. The van der Waals surface area contributed by atoms with E-state index in [9.17, 15) is 14.4 Å². The molecule has 1 saturated heterocycles. The van der Waals surface area contributed by atoms with E-state index in [-0.39, 0.29) is 12.5 Å². The van der Waals surface area contributed by atoms with E-state index >= 15 is 0 Å². The molecule has 6 nitrogen and oxygen atoms in total. The van der Waals surface area contributed by atoms with Gasteiger partial charge in [-0.05, 0) is 48.1 Å². The Balaban J connectivity index is 1.51. The lowest BCUT2D eigenvalue weighted by atomic mass is 9.92. The number of aryl methyl sites for hydroxylation is 2. The number of nitrogens with one attached hydrogen (secondary N) is 2. The Morgan fingerprint density at radius 3 is 2.81 bits per heavy atom. The molecule has 2 aromatic carbocycles. The average Bonchev–Trinajstić information content (AvgIpc) is 3.15. The number of fused-ring (bicyclic) bond motifs is 2. The van der Waals surface area contributed by atoms with E-state index in [1.54, 1.807) is 6.07 Å². The van der Waals surface area contributed by atoms with Gasteiger partial charge in [-0.25, -0.2) is 4.79 Å². The highest BCUT2D eigenvalue weighted by Crippen LogP contribution is 2.41. The van der Waals surface area contributed by atoms with Gasteiger partial charge in [0.15, 0.2) is 0 Å². The largest absolute Gasteiger partial charge is 0.325 e. The van der Waals surface area contributed by atoms with Crippen molar-refractivity contribution in [1.82, 2.24) is 10.2 Å². The Labute approximate surface area is 157 Å². The second-order valence-electron chi connectivity index (χ2n) is 6.99. The normalized spacial score (nSPS) is 20.7. The standard InChI is InChI=1S/C21H21N3O3/c1-2-14-6-5-8-16(12-14)22-18(25)13-24-19(26)21(23-20(24)27)11-10-15-7-3-4-9-17(15)21/h3-9,12H,2,10-11,13H2,1H3,(H,22,25)(H,23,27)/t21-/m0/s1. The second kappa shape index (κ2) is 6.54. The van der Waals surface area contributed by atoms with Crippen LogP contribution in [0.15, 0.2) is 48.5 Å². The molecule has 0 bridgehead atoms. The highest BCUT2D eigenvalue weighted by Gasteiger charge is 2.55. The van der Waals surface area contributed by atoms with Gasteiger partial charge in [0.25, 0.3) is 5.91 Å². The van der Waals surface area contributed by atoms with Gasteiger partial charge in [0.05, 0.1) is 0 Å². The fourth-order valence-electron chi connectivity index (χ4n) is 3.95. The number of hydrogen-bond donors (Lipinski definition) is 2. The highest BCUT2D eigenvalue weighted by atomic mass is 16.2. The summed E-state index contributed by atoms with van der Waals surface area (Å²) < 4.78 is 0. The predicted molar refractivity (Wildman–Crippen MR) is 101 cm³/mol. The summed E-state index contributed by atoms with van der Waals surface area (Å²) in [5.41, 5.74) is 2.63. The van der Waals surface area contributed by atoms with Crippen LogP contribution in [-0.4, -0.2) is 29.3 Å². The van der Waals surface area contributed by atoms with Crippen molar-refractivity contribution < 1.29 is 14.4 Å². The summed E-state index contributed by atoms with van der Waals surface area (Å²) in [7, 11) is 0. The summed E-state index contributed by atoms with van der Waals surface area (Å²) in [6.07, 6.45) is 2.11. The van der Waals surface area contributed by atoms with Crippen molar-refractivity contribution in [2.24, 2.45) is 0 Å². The van der Waals surface area contributed by atoms with Gasteiger partial charge in [0, 0.05) is 5.69 Å². The van der Waals surface area contributed by atoms with Crippen LogP contribution in [0.5, 0.6) is 0 Å². The summed E-state index contributed by atoms with van der Waals surface area (Å²) in [6.45, 7) is 1.73. The monoisotopic (exact) mass is 363 g/mol. The van der Waals surface area contributed by atoms with E-state index < -0.39 is 17.5 Å². The van der Waals surface area contributed by atoms with Gasteiger partial charge < -0.3 is 10.6 Å². The minimum atomic E-state index is -1.03. The molecular weight excluding hydrogens is 342 g/mol. The lowest BCUT2D eigenvalue weighted by Crippen LogP contribution is -2.43. The quantitative estimate of drug-likeness (QED) is 0.820. The molecular formula is C21H21N3O3. The highest BCUT2D eigenvalue weighted by molar-refractivity contribution is 6.10. The van der Waals surface area contributed by atoms with E-state index in [0.717, 1.165) is 34.4 Å². The first-order valence-electron chi connectivity index (χ1n) is 9.15. The van der Waals surface area contributed by atoms with Gasteiger partial charge in [-0.3, -0.25) is 14.5 Å². The van der Waals surface area contributed by atoms with Crippen LogP contribution in [0.3, 0.4) is 0 Å².